The number of amides is 1. The van der Waals surface area contributed by atoms with Gasteiger partial charge in [0.05, 0.1) is 22.0 Å². The molecule has 1 fully saturated rings. The molecule has 1 aliphatic rings. The highest BCUT2D eigenvalue weighted by molar-refractivity contribution is 6.34. The molecule has 4 aromatic rings. The van der Waals surface area contributed by atoms with Gasteiger partial charge in [-0.2, -0.15) is 0 Å². The molecule has 3 aromatic heterocycles. The van der Waals surface area contributed by atoms with E-state index in [1.54, 1.807) is 32.4 Å². The molecule has 0 aliphatic carbocycles. The molecule has 1 N–H and O–H groups in total. The van der Waals surface area contributed by atoms with Crippen LogP contribution in [0.25, 0.3) is 22.2 Å². The number of benzene rings is 1. The number of piperidine rings is 1. The van der Waals surface area contributed by atoms with Crippen LogP contribution in [0.2, 0.25) is 5.02 Å². The van der Waals surface area contributed by atoms with E-state index in [4.69, 9.17) is 16.0 Å². The van der Waals surface area contributed by atoms with Crippen molar-refractivity contribution in [3.05, 3.63) is 64.9 Å². The van der Waals surface area contributed by atoms with Crippen LogP contribution in [-0.4, -0.2) is 48.5 Å². The molecule has 1 aliphatic heterocycles. The maximum Gasteiger partial charge on any atom is 0.255 e. The van der Waals surface area contributed by atoms with Crippen LogP contribution in [0.3, 0.4) is 0 Å². The molecule has 1 aromatic carbocycles. The number of oxazole rings is 1. The molecule has 4 heterocycles. The van der Waals surface area contributed by atoms with Gasteiger partial charge in [0.25, 0.3) is 5.91 Å². The van der Waals surface area contributed by atoms with Crippen LogP contribution in [0.5, 0.6) is 0 Å². The fourth-order valence-electron chi connectivity index (χ4n) is 4.88. The Morgan fingerprint density at radius 1 is 1.25 bits per heavy atom. The standard InChI is InChI=1S/C27H30ClN5O3/c1-16-30-18(15-36-16)11-17-6-9-33(10-7-17)25(34)20-12-19-21(14-32(4)24(19)13-22(20)28)23-5-8-29-26(31-23)27(2,3)35/h5,8,12-15,17,35H,6-7,9-11H2,1-4H3. The summed E-state index contributed by atoms with van der Waals surface area (Å²) in [4.78, 5) is 28.6. The van der Waals surface area contributed by atoms with E-state index in [9.17, 15) is 9.90 Å². The molecule has 1 amide bonds. The molecule has 0 atom stereocenters. The number of carbonyl (C=O) groups excluding carboxylic acids is 1. The number of carbonyl (C=O) groups is 1. The zero-order valence-electron chi connectivity index (χ0n) is 21.0. The molecule has 5 rings (SSSR count). The number of hydrogen-bond donors (Lipinski definition) is 1. The normalized spacial score (nSPS) is 15.1. The van der Waals surface area contributed by atoms with Gasteiger partial charge in [0.2, 0.25) is 0 Å². The molecule has 8 nitrogen and oxygen atoms in total. The summed E-state index contributed by atoms with van der Waals surface area (Å²) in [5.41, 5.74) is 2.73. The highest BCUT2D eigenvalue weighted by atomic mass is 35.5. The Morgan fingerprint density at radius 2 is 2.00 bits per heavy atom. The van der Waals surface area contributed by atoms with E-state index in [-0.39, 0.29) is 5.91 Å². The van der Waals surface area contributed by atoms with E-state index in [1.165, 1.54) is 0 Å². The Labute approximate surface area is 214 Å². The SMILES string of the molecule is Cc1nc(CC2CCN(C(=O)c3cc4c(-c5ccnc(C(C)(C)O)n5)cn(C)c4cc3Cl)CC2)co1. The number of nitrogens with zero attached hydrogens (tertiary/aromatic N) is 5. The van der Waals surface area contributed by atoms with Crippen molar-refractivity contribution in [1.29, 1.82) is 0 Å². The molecule has 36 heavy (non-hydrogen) atoms. The molecular formula is C27H30ClN5O3. The topological polar surface area (TPSA) is 97.3 Å². The van der Waals surface area contributed by atoms with Crippen molar-refractivity contribution < 1.29 is 14.3 Å². The van der Waals surface area contributed by atoms with Crippen molar-refractivity contribution in [3.63, 3.8) is 0 Å². The molecule has 0 bridgehead atoms. The van der Waals surface area contributed by atoms with Gasteiger partial charge in [-0.1, -0.05) is 11.6 Å². The number of hydrogen-bond acceptors (Lipinski definition) is 6. The molecule has 1 saturated heterocycles. The lowest BCUT2D eigenvalue weighted by Crippen LogP contribution is -2.39. The predicted molar refractivity (Wildman–Crippen MR) is 138 cm³/mol. The quantitative estimate of drug-likeness (QED) is 0.412. The van der Waals surface area contributed by atoms with Crippen molar-refractivity contribution in [2.75, 3.05) is 13.1 Å². The Balaban J connectivity index is 1.40. The molecule has 188 valence electrons. The van der Waals surface area contributed by atoms with Crippen molar-refractivity contribution in [3.8, 4) is 11.3 Å². The van der Waals surface area contributed by atoms with Gasteiger partial charge >= 0.3 is 0 Å². The lowest BCUT2D eigenvalue weighted by molar-refractivity contribution is 0.0683. The highest BCUT2D eigenvalue weighted by Crippen LogP contribution is 2.34. The molecule has 9 heteroatoms. The maximum atomic E-state index is 13.5. The minimum absolute atomic E-state index is 0.0627. The first-order valence-electron chi connectivity index (χ1n) is 12.2. The Bertz CT molecular complexity index is 1430. The first-order valence-corrected chi connectivity index (χ1v) is 12.5. The smallest absolute Gasteiger partial charge is 0.255 e. The number of aryl methyl sites for hydroxylation is 2. The molecule has 0 unspecified atom stereocenters. The van der Waals surface area contributed by atoms with Crippen molar-refractivity contribution in [2.24, 2.45) is 13.0 Å². The summed E-state index contributed by atoms with van der Waals surface area (Å²) >= 11 is 6.63. The van der Waals surface area contributed by atoms with Crippen molar-refractivity contribution in [2.45, 2.75) is 45.6 Å². The Hall–Kier alpha value is -3.23. The molecule has 0 radical (unpaired) electrons. The number of fused-ring (bicyclic) bond motifs is 1. The first kappa shape index (κ1) is 24.5. The summed E-state index contributed by atoms with van der Waals surface area (Å²) in [5, 5.41) is 11.7. The zero-order chi connectivity index (χ0) is 25.6. The number of rotatable bonds is 5. The van der Waals surface area contributed by atoms with Crippen molar-refractivity contribution in [1.82, 2.24) is 24.4 Å². The molecule has 0 saturated carbocycles. The number of aromatic nitrogens is 4. The second-order valence-corrected chi connectivity index (χ2v) is 10.5. The van der Waals surface area contributed by atoms with Crippen LogP contribution in [0.1, 0.15) is 54.5 Å². The largest absolute Gasteiger partial charge is 0.449 e. The summed E-state index contributed by atoms with van der Waals surface area (Å²) in [6.07, 6.45) is 8.01. The molecule has 0 spiro atoms. The summed E-state index contributed by atoms with van der Waals surface area (Å²) in [5.74, 6) is 1.43. The first-order chi connectivity index (χ1) is 17.1. The van der Waals surface area contributed by atoms with Gasteiger partial charge in [0.1, 0.15) is 11.9 Å². The zero-order valence-corrected chi connectivity index (χ0v) is 21.7. The summed E-state index contributed by atoms with van der Waals surface area (Å²) in [6.45, 7) is 6.51. The summed E-state index contributed by atoms with van der Waals surface area (Å²) in [7, 11) is 1.93. The third-order valence-electron chi connectivity index (χ3n) is 6.85. The van der Waals surface area contributed by atoms with E-state index < -0.39 is 5.60 Å². The van der Waals surface area contributed by atoms with Gasteiger partial charge in [0.15, 0.2) is 11.7 Å². The van der Waals surface area contributed by atoms with Gasteiger partial charge in [-0.25, -0.2) is 15.0 Å². The fourth-order valence-corrected chi connectivity index (χ4v) is 5.12. The van der Waals surface area contributed by atoms with E-state index in [1.807, 2.05) is 41.8 Å². The Morgan fingerprint density at radius 3 is 2.67 bits per heavy atom. The average Bonchev–Trinajstić information content (AvgIpc) is 3.40. The van der Waals surface area contributed by atoms with Crippen LogP contribution >= 0.6 is 11.6 Å². The lowest BCUT2D eigenvalue weighted by Gasteiger charge is -2.32. The number of halogens is 1. The monoisotopic (exact) mass is 507 g/mol. The third-order valence-corrected chi connectivity index (χ3v) is 7.17. The Kier molecular flexibility index (Phi) is 6.34. The predicted octanol–water partition coefficient (Wildman–Crippen LogP) is 4.91. The molecular weight excluding hydrogens is 478 g/mol. The van der Waals surface area contributed by atoms with Gasteiger partial charge in [0, 0.05) is 55.9 Å². The second-order valence-electron chi connectivity index (χ2n) is 10.1. The van der Waals surface area contributed by atoms with Crippen LogP contribution < -0.4 is 0 Å². The highest BCUT2D eigenvalue weighted by Gasteiger charge is 2.27. The van der Waals surface area contributed by atoms with Crippen molar-refractivity contribution >= 4 is 28.4 Å². The number of aliphatic hydroxyl groups is 1. The summed E-state index contributed by atoms with van der Waals surface area (Å²) in [6, 6.07) is 5.51. The number of likely N-dealkylation sites (tertiary alicyclic amines) is 1. The van der Waals surface area contributed by atoms with Gasteiger partial charge in [-0.3, -0.25) is 4.79 Å². The van der Waals surface area contributed by atoms with Gasteiger partial charge in [-0.15, -0.1) is 0 Å². The van der Waals surface area contributed by atoms with E-state index in [2.05, 4.69) is 15.0 Å². The lowest BCUT2D eigenvalue weighted by atomic mass is 9.92. The fraction of sp³-hybridized carbons (Fsp3) is 0.407. The third kappa shape index (κ3) is 4.75. The van der Waals surface area contributed by atoms with Gasteiger partial charge < -0.3 is 19.0 Å². The van der Waals surface area contributed by atoms with E-state index in [0.717, 1.165) is 41.4 Å². The maximum absolute atomic E-state index is 13.5. The summed E-state index contributed by atoms with van der Waals surface area (Å²) < 4.78 is 7.29. The second kappa shape index (κ2) is 9.33. The van der Waals surface area contributed by atoms with Crippen LogP contribution in [0.4, 0.5) is 0 Å². The van der Waals surface area contributed by atoms with Gasteiger partial charge in [-0.05, 0) is 57.2 Å². The minimum Gasteiger partial charge on any atom is -0.449 e. The average molecular weight is 508 g/mol. The van der Waals surface area contributed by atoms with E-state index in [0.29, 0.717) is 47.0 Å². The van der Waals surface area contributed by atoms with E-state index >= 15 is 0 Å². The van der Waals surface area contributed by atoms with Crippen LogP contribution in [0.15, 0.2) is 41.3 Å². The van der Waals surface area contributed by atoms with Crippen LogP contribution in [0, 0.1) is 12.8 Å². The van der Waals surface area contributed by atoms with Crippen LogP contribution in [-0.2, 0) is 19.1 Å². The minimum atomic E-state index is -1.16.